The fourth-order valence-electron chi connectivity index (χ4n) is 9.55. The predicted molar refractivity (Wildman–Crippen MR) is 280 cm³/mol. The lowest BCUT2D eigenvalue weighted by Crippen LogP contribution is -2.64. The molecule has 0 saturated carbocycles. The number of cyclic esters (lactones) is 1. The highest BCUT2D eigenvalue weighted by atomic mass is 16.5. The summed E-state index contributed by atoms with van der Waals surface area (Å²) in [4.78, 5) is 155. The molecule has 3 unspecified atom stereocenters. The van der Waals surface area contributed by atoms with Gasteiger partial charge < -0.3 is 93.7 Å². The zero-order valence-electron chi connectivity index (χ0n) is 45.8. The number of aliphatic hydroxyl groups is 5. The van der Waals surface area contributed by atoms with Gasteiger partial charge in [-0.1, -0.05) is 65.2 Å². The summed E-state index contributed by atoms with van der Waals surface area (Å²) >= 11 is 0. The Bertz CT molecular complexity index is 2200. The van der Waals surface area contributed by atoms with E-state index < -0.39 is 164 Å². The van der Waals surface area contributed by atoms with Crippen LogP contribution in [0, 0.1) is 5.92 Å². The average Bonchev–Trinajstić information content (AvgIpc) is 4.05. The SMILES string of the molecule is CC(C)CCCCCCCCCCC1CC(=O)N[C@@H]([C@@H](C)O)C(=O)N[C@@H](C)C(=O)N2CCC[C@H]2C(=O)N[C@@H](CCCN=C(N)N)C(=O)N[C@@H](C(O)C(=O)O)C(=O)N[C@@H](CO)C(=O)N2CC[C@H](O)[C@H]2C(=O)N[C@H](C(O)C(=O)O)C(=O)O1. The van der Waals surface area contributed by atoms with E-state index >= 15 is 0 Å². The number of carboxylic acids is 2. The van der Waals surface area contributed by atoms with Crippen LogP contribution in [0.15, 0.2) is 4.99 Å². The highest BCUT2D eigenvalue weighted by molar-refractivity contribution is 6.00. The van der Waals surface area contributed by atoms with Crippen LogP contribution in [-0.4, -0.2) is 222 Å². The molecule has 3 fully saturated rings. The van der Waals surface area contributed by atoms with E-state index in [2.05, 4.69) is 34.8 Å². The third-order valence-electron chi connectivity index (χ3n) is 14.0. The summed E-state index contributed by atoms with van der Waals surface area (Å²) in [5.41, 5.74) is 10.9. The molecule has 3 rings (SSSR count). The molecule has 3 saturated heterocycles. The molecule has 0 aromatic carbocycles. The second-order valence-electron chi connectivity index (χ2n) is 20.9. The molecular formula is C50H83N11O19. The van der Waals surface area contributed by atoms with Crippen molar-refractivity contribution < 1.29 is 93.2 Å². The van der Waals surface area contributed by atoms with Gasteiger partial charge in [0, 0.05) is 19.6 Å². The van der Waals surface area contributed by atoms with E-state index in [0.717, 1.165) is 56.8 Å². The van der Waals surface area contributed by atoms with Crippen molar-refractivity contribution in [3.63, 3.8) is 0 Å². The first-order chi connectivity index (χ1) is 37.7. The third-order valence-corrected chi connectivity index (χ3v) is 14.0. The van der Waals surface area contributed by atoms with Gasteiger partial charge in [-0.15, -0.1) is 0 Å². The smallest absolute Gasteiger partial charge is 0.335 e. The maximum absolute atomic E-state index is 14.1. The standard InChI is InChI=1S/C50H83N11O19/c1-25(2)15-11-9-7-5-6-8-10-12-16-28-23-33(65)57-34(27(4)63)42(70)54-26(3)45(73)60-21-14-18-31(60)41(69)55-29(17-13-20-53-50(51)52)40(68)58-35(38(66)47(75)76)43(71)56-30(24-62)46(74)61-22-19-32(64)37(61)44(72)59-36(49(79)80-28)39(67)48(77)78/h25-32,34-39,62-64,66-67H,5-24H2,1-4H3,(H,54,70)(H,55,69)(H,56,71)(H,57,65)(H,58,68)(H,59,72)(H,75,76)(H,77,78)(H4,51,52,53)/t26-,27+,28?,29-,30-,31-,32-,34-,35-,36+,37-,38?,39?/m0/s1. The van der Waals surface area contributed by atoms with Crippen molar-refractivity contribution in [3.05, 3.63) is 0 Å². The number of aliphatic imine (C=N–C) groups is 1. The van der Waals surface area contributed by atoms with Crippen molar-refractivity contribution in [2.75, 3.05) is 26.2 Å². The molecular weight excluding hydrogens is 1060 g/mol. The van der Waals surface area contributed by atoms with Crippen molar-refractivity contribution in [3.8, 4) is 0 Å². The number of amides is 8. The number of nitrogens with one attached hydrogen (secondary N) is 6. The molecule has 30 heteroatoms. The molecule has 3 aliphatic rings. The maximum Gasteiger partial charge on any atom is 0.335 e. The number of guanidine groups is 1. The Morgan fingerprint density at radius 3 is 1.81 bits per heavy atom. The predicted octanol–water partition coefficient (Wildman–Crippen LogP) is -4.94. The van der Waals surface area contributed by atoms with Crippen LogP contribution >= 0.6 is 0 Å². The Hall–Kier alpha value is -6.76. The number of fused-ring (bicyclic) bond motifs is 2. The summed E-state index contributed by atoms with van der Waals surface area (Å²) < 4.78 is 5.61. The van der Waals surface area contributed by atoms with E-state index in [1.165, 1.54) is 6.92 Å². The van der Waals surface area contributed by atoms with Gasteiger partial charge in [0.25, 0.3) is 0 Å². The number of esters is 1. The van der Waals surface area contributed by atoms with Crippen LogP contribution < -0.4 is 43.4 Å². The minimum Gasteiger partial charge on any atom is -0.479 e. The Labute approximate surface area is 462 Å². The van der Waals surface area contributed by atoms with Gasteiger partial charge in [0.15, 0.2) is 24.2 Å². The average molecular weight is 1140 g/mol. The lowest BCUT2D eigenvalue weighted by atomic mass is 10.0. The van der Waals surface area contributed by atoms with Crippen LogP contribution in [0.5, 0.6) is 0 Å². The number of nitrogens with two attached hydrogens (primary N) is 2. The van der Waals surface area contributed by atoms with E-state index in [1.807, 2.05) is 16.0 Å². The second-order valence-corrected chi connectivity index (χ2v) is 20.9. The van der Waals surface area contributed by atoms with Crippen LogP contribution in [-0.2, 0) is 57.5 Å². The zero-order chi connectivity index (χ0) is 60.0. The van der Waals surface area contributed by atoms with Gasteiger partial charge >= 0.3 is 17.9 Å². The van der Waals surface area contributed by atoms with Crippen molar-refractivity contribution in [2.45, 2.75) is 209 Å². The largest absolute Gasteiger partial charge is 0.479 e. The minimum atomic E-state index is -2.77. The molecule has 0 bridgehead atoms. The molecule has 8 amide bonds. The number of aliphatic hydroxyl groups excluding tert-OH is 5. The zero-order valence-corrected chi connectivity index (χ0v) is 45.8. The first-order valence-corrected chi connectivity index (χ1v) is 27.2. The number of hydrogen-bond donors (Lipinski definition) is 15. The van der Waals surface area contributed by atoms with Crippen molar-refractivity contribution in [1.82, 2.24) is 41.7 Å². The number of nitrogens with zero attached hydrogens (tertiary/aromatic N) is 3. The molecule has 80 heavy (non-hydrogen) atoms. The third kappa shape index (κ3) is 20.7. The van der Waals surface area contributed by atoms with Crippen LogP contribution in [0.25, 0.3) is 0 Å². The van der Waals surface area contributed by atoms with E-state index in [9.17, 15) is 88.5 Å². The summed E-state index contributed by atoms with van der Waals surface area (Å²) in [6.07, 6.45) is -3.73. The molecule has 17 N–H and O–H groups in total. The van der Waals surface area contributed by atoms with Gasteiger partial charge in [0.05, 0.1) is 25.2 Å². The molecule has 3 aliphatic heterocycles. The van der Waals surface area contributed by atoms with Gasteiger partial charge in [-0.2, -0.15) is 0 Å². The molecule has 3 heterocycles. The number of carbonyl (C=O) groups is 11. The van der Waals surface area contributed by atoms with E-state index in [4.69, 9.17) is 16.2 Å². The molecule has 452 valence electrons. The first kappa shape index (κ1) is 67.5. The van der Waals surface area contributed by atoms with E-state index in [-0.39, 0.29) is 57.6 Å². The van der Waals surface area contributed by atoms with E-state index in [0.29, 0.717) is 23.7 Å². The Morgan fingerprint density at radius 2 is 1.23 bits per heavy atom. The Balaban J connectivity index is 2.10. The fraction of sp³-hybridized carbons (Fsp3) is 0.760. The Morgan fingerprint density at radius 1 is 0.650 bits per heavy atom. The normalized spacial score (nSPS) is 27.6. The van der Waals surface area contributed by atoms with Crippen LogP contribution in [0.2, 0.25) is 0 Å². The highest BCUT2D eigenvalue weighted by Crippen LogP contribution is 2.23. The fourth-order valence-corrected chi connectivity index (χ4v) is 9.55. The number of rotatable bonds is 21. The van der Waals surface area contributed by atoms with Gasteiger partial charge in [0.1, 0.15) is 48.4 Å². The molecule has 0 aromatic rings. The molecule has 0 aliphatic carbocycles. The highest BCUT2D eigenvalue weighted by Gasteiger charge is 2.47. The number of unbranched alkanes of at least 4 members (excludes halogenated alkanes) is 7. The quantitative estimate of drug-likeness (QED) is 0.0222. The summed E-state index contributed by atoms with van der Waals surface area (Å²) in [6, 6.07) is -15.3. The minimum absolute atomic E-state index is 0.0309. The summed E-state index contributed by atoms with van der Waals surface area (Å²) in [5, 5.41) is 86.6. The van der Waals surface area contributed by atoms with Crippen LogP contribution in [0.3, 0.4) is 0 Å². The van der Waals surface area contributed by atoms with Gasteiger partial charge in [0.2, 0.25) is 47.3 Å². The molecule has 0 aromatic heterocycles. The van der Waals surface area contributed by atoms with Crippen LogP contribution in [0.1, 0.15) is 130 Å². The molecule has 0 spiro atoms. The number of hydrogen-bond acceptors (Lipinski definition) is 18. The van der Waals surface area contributed by atoms with Crippen LogP contribution in [0.4, 0.5) is 0 Å². The molecule has 0 radical (unpaired) electrons. The first-order valence-electron chi connectivity index (χ1n) is 27.2. The molecule has 13 atom stereocenters. The van der Waals surface area contributed by atoms with Crippen molar-refractivity contribution in [2.24, 2.45) is 22.4 Å². The van der Waals surface area contributed by atoms with Crippen molar-refractivity contribution in [1.29, 1.82) is 0 Å². The van der Waals surface area contributed by atoms with Gasteiger partial charge in [-0.3, -0.25) is 43.3 Å². The maximum atomic E-state index is 14.1. The number of aliphatic carboxylic acids is 2. The van der Waals surface area contributed by atoms with Gasteiger partial charge in [-0.05, 0) is 64.7 Å². The lowest BCUT2D eigenvalue weighted by Gasteiger charge is -2.32. The van der Waals surface area contributed by atoms with Crippen molar-refractivity contribution >= 4 is 71.1 Å². The topological polar surface area (TPSA) is 482 Å². The number of carbonyl (C=O) groups excluding carboxylic acids is 9. The second kappa shape index (κ2) is 33.1. The number of ether oxygens (including phenoxy) is 1. The monoisotopic (exact) mass is 1140 g/mol. The molecule has 30 nitrogen and oxygen atoms in total. The van der Waals surface area contributed by atoms with E-state index in [1.54, 1.807) is 0 Å². The Kier molecular flexibility index (Phi) is 27.9. The number of carboxylic acid groups (broad SMARTS) is 2. The van der Waals surface area contributed by atoms with Gasteiger partial charge in [-0.25, -0.2) is 14.4 Å². The summed E-state index contributed by atoms with van der Waals surface area (Å²) in [6.45, 7) is 4.79. The summed E-state index contributed by atoms with van der Waals surface area (Å²) in [7, 11) is 0. The lowest BCUT2D eigenvalue weighted by molar-refractivity contribution is -0.165. The summed E-state index contributed by atoms with van der Waals surface area (Å²) in [5.74, 6) is -14.9.